The maximum absolute atomic E-state index is 13.2. The lowest BCUT2D eigenvalue weighted by Crippen LogP contribution is -2.37. The Balaban J connectivity index is 1.80. The normalized spacial score (nSPS) is 15.9. The average molecular weight is 383 g/mol. The first-order chi connectivity index (χ1) is 13.6. The highest BCUT2D eigenvalue weighted by Crippen LogP contribution is 2.20. The van der Waals surface area contributed by atoms with E-state index in [0.29, 0.717) is 24.2 Å². The van der Waals surface area contributed by atoms with Gasteiger partial charge in [-0.15, -0.1) is 0 Å². The Kier molecular flexibility index (Phi) is 6.66. The van der Waals surface area contributed by atoms with Crippen molar-refractivity contribution >= 4 is 11.9 Å². The summed E-state index contributed by atoms with van der Waals surface area (Å²) >= 11 is 0. The van der Waals surface area contributed by atoms with Gasteiger partial charge < -0.3 is 19.1 Å². The van der Waals surface area contributed by atoms with Crippen molar-refractivity contribution in [1.82, 2.24) is 4.90 Å². The van der Waals surface area contributed by atoms with Crippen LogP contribution in [0.1, 0.15) is 39.1 Å². The lowest BCUT2D eigenvalue weighted by Gasteiger charge is -2.26. The van der Waals surface area contributed by atoms with E-state index in [9.17, 15) is 9.59 Å². The molecular formula is C22H25NO5. The number of carbonyl (C=O) groups excluding carboxylic acids is 2. The van der Waals surface area contributed by atoms with Gasteiger partial charge in [0.15, 0.2) is 0 Å². The van der Waals surface area contributed by atoms with Crippen LogP contribution in [0.2, 0.25) is 0 Å². The van der Waals surface area contributed by atoms with E-state index in [-0.39, 0.29) is 12.0 Å². The van der Waals surface area contributed by atoms with E-state index in [4.69, 9.17) is 14.2 Å². The second kappa shape index (κ2) is 9.37. The predicted molar refractivity (Wildman–Crippen MR) is 104 cm³/mol. The summed E-state index contributed by atoms with van der Waals surface area (Å²) in [5.74, 6) is 0.228. The summed E-state index contributed by atoms with van der Waals surface area (Å²) in [5, 5.41) is 0. The number of ether oxygens (including phenoxy) is 3. The van der Waals surface area contributed by atoms with Crippen LogP contribution in [0.15, 0.2) is 48.5 Å². The number of hydrogen-bond acceptors (Lipinski definition) is 5. The maximum atomic E-state index is 13.2. The van der Waals surface area contributed by atoms with Crippen molar-refractivity contribution in [3.63, 3.8) is 0 Å². The van der Waals surface area contributed by atoms with Crippen molar-refractivity contribution in [1.29, 1.82) is 0 Å². The molecule has 0 aromatic heterocycles. The van der Waals surface area contributed by atoms with E-state index in [1.54, 1.807) is 36.3 Å². The molecular weight excluding hydrogens is 358 g/mol. The number of rotatable bonds is 7. The van der Waals surface area contributed by atoms with Gasteiger partial charge in [0.1, 0.15) is 5.75 Å². The highest BCUT2D eigenvalue weighted by Gasteiger charge is 2.24. The van der Waals surface area contributed by atoms with E-state index in [2.05, 4.69) is 0 Å². The number of methoxy groups -OCH3 is 2. The molecule has 0 saturated carbocycles. The molecule has 3 rings (SSSR count). The van der Waals surface area contributed by atoms with Gasteiger partial charge in [0.05, 0.1) is 25.9 Å². The first-order valence-corrected chi connectivity index (χ1v) is 9.33. The Morgan fingerprint density at radius 3 is 2.50 bits per heavy atom. The number of nitrogens with zero attached hydrogens (tertiary/aromatic N) is 1. The lowest BCUT2D eigenvalue weighted by molar-refractivity contribution is 0.0506. The van der Waals surface area contributed by atoms with Crippen LogP contribution in [-0.2, 0) is 16.0 Å². The van der Waals surface area contributed by atoms with Gasteiger partial charge in [0, 0.05) is 25.3 Å². The summed E-state index contributed by atoms with van der Waals surface area (Å²) in [6.45, 7) is 1.71. The molecule has 0 spiro atoms. The lowest BCUT2D eigenvalue weighted by atomic mass is 10.1. The van der Waals surface area contributed by atoms with Crippen LogP contribution in [-0.4, -0.2) is 50.3 Å². The smallest absolute Gasteiger partial charge is 0.337 e. The maximum Gasteiger partial charge on any atom is 0.337 e. The minimum Gasteiger partial charge on any atom is -0.497 e. The summed E-state index contributed by atoms with van der Waals surface area (Å²) in [7, 11) is 2.95. The minimum atomic E-state index is -0.424. The molecule has 0 N–H and O–H groups in total. The molecule has 1 unspecified atom stereocenters. The molecule has 1 aliphatic rings. The molecule has 6 nitrogen and oxygen atoms in total. The third-order valence-electron chi connectivity index (χ3n) is 4.80. The summed E-state index contributed by atoms with van der Waals surface area (Å²) in [6, 6.07) is 14.2. The average Bonchev–Trinajstić information content (AvgIpc) is 3.25. The quantitative estimate of drug-likeness (QED) is 0.687. The fourth-order valence-corrected chi connectivity index (χ4v) is 3.29. The van der Waals surface area contributed by atoms with E-state index < -0.39 is 5.97 Å². The van der Waals surface area contributed by atoms with E-state index in [1.165, 1.54) is 7.11 Å². The first kappa shape index (κ1) is 19.9. The van der Waals surface area contributed by atoms with Crippen molar-refractivity contribution in [2.45, 2.75) is 25.5 Å². The standard InChI is InChI=1S/C22H25NO5/c1-26-19-6-3-5-16(13-19)14-23(15-20-7-4-12-28-20)21(24)17-8-10-18(11-9-17)22(25)27-2/h3,5-6,8-11,13,20H,4,7,12,14-15H2,1-2H3. The molecule has 0 radical (unpaired) electrons. The van der Waals surface area contributed by atoms with E-state index in [1.807, 2.05) is 24.3 Å². The molecule has 0 aliphatic carbocycles. The molecule has 1 saturated heterocycles. The monoisotopic (exact) mass is 383 g/mol. The van der Waals surface area contributed by atoms with E-state index >= 15 is 0 Å². The number of carbonyl (C=O) groups is 2. The second-order valence-electron chi connectivity index (χ2n) is 6.74. The van der Waals surface area contributed by atoms with Crippen molar-refractivity contribution < 1.29 is 23.8 Å². The molecule has 1 fully saturated rings. The molecule has 0 bridgehead atoms. The van der Waals surface area contributed by atoms with Gasteiger partial charge in [-0.1, -0.05) is 12.1 Å². The summed E-state index contributed by atoms with van der Waals surface area (Å²) < 4.78 is 15.7. The van der Waals surface area contributed by atoms with Gasteiger partial charge in [0.2, 0.25) is 0 Å². The molecule has 2 aromatic carbocycles. The highest BCUT2D eigenvalue weighted by atomic mass is 16.5. The topological polar surface area (TPSA) is 65.1 Å². The Hall–Kier alpha value is -2.86. The zero-order valence-electron chi connectivity index (χ0n) is 16.2. The second-order valence-corrected chi connectivity index (χ2v) is 6.74. The third kappa shape index (κ3) is 4.89. The third-order valence-corrected chi connectivity index (χ3v) is 4.80. The highest BCUT2D eigenvalue weighted by molar-refractivity contribution is 5.96. The van der Waals surface area contributed by atoms with Crippen molar-refractivity contribution in [2.75, 3.05) is 27.4 Å². The first-order valence-electron chi connectivity index (χ1n) is 9.33. The Labute approximate surface area is 165 Å². The molecule has 6 heteroatoms. The van der Waals surface area contributed by atoms with Crippen LogP contribution >= 0.6 is 0 Å². The van der Waals surface area contributed by atoms with Crippen LogP contribution in [0.5, 0.6) is 5.75 Å². The van der Waals surface area contributed by atoms with E-state index in [0.717, 1.165) is 30.8 Å². The van der Waals surface area contributed by atoms with Crippen LogP contribution < -0.4 is 4.74 Å². The van der Waals surface area contributed by atoms with Gasteiger partial charge in [-0.2, -0.15) is 0 Å². The molecule has 28 heavy (non-hydrogen) atoms. The summed E-state index contributed by atoms with van der Waals surface area (Å²) in [6.07, 6.45) is 2.01. The van der Waals surface area contributed by atoms with Gasteiger partial charge in [-0.05, 0) is 54.8 Å². The zero-order valence-corrected chi connectivity index (χ0v) is 16.2. The number of benzene rings is 2. The van der Waals surface area contributed by atoms with Crippen molar-refractivity contribution in [2.24, 2.45) is 0 Å². The van der Waals surface area contributed by atoms with Crippen LogP contribution in [0.25, 0.3) is 0 Å². The SMILES string of the molecule is COC(=O)c1ccc(C(=O)N(Cc2cccc(OC)c2)CC2CCCO2)cc1. The summed E-state index contributed by atoms with van der Waals surface area (Å²) in [5.41, 5.74) is 1.92. The number of esters is 1. The van der Waals surface area contributed by atoms with Crippen LogP contribution in [0, 0.1) is 0 Å². The van der Waals surface area contributed by atoms with Gasteiger partial charge in [-0.3, -0.25) is 4.79 Å². The minimum absolute atomic E-state index is 0.0453. The van der Waals surface area contributed by atoms with Gasteiger partial charge in [0.25, 0.3) is 5.91 Å². The molecule has 148 valence electrons. The summed E-state index contributed by atoms with van der Waals surface area (Å²) in [4.78, 5) is 26.6. The van der Waals surface area contributed by atoms with Gasteiger partial charge in [-0.25, -0.2) is 4.79 Å². The largest absolute Gasteiger partial charge is 0.497 e. The Bertz CT molecular complexity index is 812. The fraction of sp³-hybridized carbons (Fsp3) is 0.364. The number of hydrogen-bond donors (Lipinski definition) is 0. The van der Waals surface area contributed by atoms with Crippen LogP contribution in [0.4, 0.5) is 0 Å². The Morgan fingerprint density at radius 2 is 1.86 bits per heavy atom. The molecule has 2 aromatic rings. The number of amides is 1. The van der Waals surface area contributed by atoms with Crippen molar-refractivity contribution in [3.8, 4) is 5.75 Å². The fourth-order valence-electron chi connectivity index (χ4n) is 3.29. The molecule has 1 aliphatic heterocycles. The predicted octanol–water partition coefficient (Wildman–Crippen LogP) is 3.30. The van der Waals surface area contributed by atoms with Gasteiger partial charge >= 0.3 is 5.97 Å². The molecule has 1 atom stereocenters. The zero-order chi connectivity index (χ0) is 19.9. The Morgan fingerprint density at radius 1 is 1.11 bits per heavy atom. The molecule has 1 heterocycles. The van der Waals surface area contributed by atoms with Crippen molar-refractivity contribution in [3.05, 3.63) is 65.2 Å². The van der Waals surface area contributed by atoms with Crippen LogP contribution in [0.3, 0.4) is 0 Å². The molecule has 1 amide bonds.